The van der Waals surface area contributed by atoms with Crippen molar-refractivity contribution in [1.82, 2.24) is 4.98 Å². The van der Waals surface area contributed by atoms with Gasteiger partial charge in [-0.1, -0.05) is 11.6 Å². The molecule has 0 aliphatic rings. The average Bonchev–Trinajstić information content (AvgIpc) is 2.21. The minimum Gasteiger partial charge on any atom is -0.478 e. The molecule has 0 saturated heterocycles. The number of terminal acetylenes is 1. The summed E-state index contributed by atoms with van der Waals surface area (Å²) in [4.78, 5) is 14.6. The van der Waals surface area contributed by atoms with E-state index in [1.807, 2.05) is 6.92 Å². The molecule has 0 fully saturated rings. The molecule has 16 heavy (non-hydrogen) atoms. The predicted octanol–water partition coefficient (Wildman–Crippen LogP) is 2.26. The quantitative estimate of drug-likeness (QED) is 0.790. The lowest BCUT2D eigenvalue weighted by atomic mass is 10.2. The molecule has 4 nitrogen and oxygen atoms in total. The van der Waals surface area contributed by atoms with Crippen molar-refractivity contribution in [3.8, 4) is 12.3 Å². The summed E-state index contributed by atoms with van der Waals surface area (Å²) in [6.07, 6.45) is 6.95. The van der Waals surface area contributed by atoms with E-state index in [1.54, 1.807) is 0 Å². The number of halogens is 1. The molecule has 0 radical (unpaired) electrons. The molecule has 0 aromatic carbocycles. The van der Waals surface area contributed by atoms with E-state index in [0.29, 0.717) is 12.2 Å². The van der Waals surface area contributed by atoms with E-state index in [-0.39, 0.29) is 16.6 Å². The summed E-state index contributed by atoms with van der Waals surface area (Å²) in [6.45, 7) is 1.89. The topological polar surface area (TPSA) is 62.2 Å². The Balaban J connectivity index is 2.84. The van der Waals surface area contributed by atoms with E-state index in [4.69, 9.17) is 23.1 Å². The Hall–Kier alpha value is -1.73. The first kappa shape index (κ1) is 12.3. The number of aromatic carboxylic acids is 1. The molecule has 1 aromatic heterocycles. The summed E-state index contributed by atoms with van der Waals surface area (Å²) in [5, 5.41) is 12.0. The highest BCUT2D eigenvalue weighted by atomic mass is 35.5. The minimum atomic E-state index is -1.06. The van der Waals surface area contributed by atoms with Crippen molar-refractivity contribution in [2.24, 2.45) is 0 Å². The molecule has 84 valence electrons. The number of carbonyl (C=O) groups is 1. The fourth-order valence-electron chi connectivity index (χ4n) is 1.12. The number of nitrogens with zero attached hydrogens (tertiary/aromatic N) is 1. The van der Waals surface area contributed by atoms with Crippen LogP contribution in [0, 0.1) is 12.3 Å². The van der Waals surface area contributed by atoms with E-state index in [9.17, 15) is 4.79 Å². The Morgan fingerprint density at radius 2 is 2.50 bits per heavy atom. The minimum absolute atomic E-state index is 0.0330. The summed E-state index contributed by atoms with van der Waals surface area (Å²) in [6, 6.07) is 1.38. The molecule has 0 spiro atoms. The Morgan fingerprint density at radius 3 is 3.00 bits per heavy atom. The van der Waals surface area contributed by atoms with E-state index < -0.39 is 5.97 Å². The molecule has 1 heterocycles. The highest BCUT2D eigenvalue weighted by Gasteiger charge is 2.09. The van der Waals surface area contributed by atoms with Gasteiger partial charge in [-0.3, -0.25) is 0 Å². The predicted molar refractivity (Wildman–Crippen MR) is 62.7 cm³/mol. The van der Waals surface area contributed by atoms with Crippen LogP contribution in [0.3, 0.4) is 0 Å². The van der Waals surface area contributed by atoms with Crippen molar-refractivity contribution >= 4 is 23.4 Å². The van der Waals surface area contributed by atoms with Crippen LogP contribution in [0.1, 0.15) is 23.7 Å². The number of nitrogens with one attached hydrogen (secondary N) is 1. The normalized spacial score (nSPS) is 11.6. The van der Waals surface area contributed by atoms with Gasteiger partial charge in [0.25, 0.3) is 0 Å². The lowest BCUT2D eigenvalue weighted by Gasteiger charge is -2.12. The lowest BCUT2D eigenvalue weighted by molar-refractivity contribution is 0.0696. The largest absolute Gasteiger partial charge is 0.478 e. The van der Waals surface area contributed by atoms with E-state index in [1.165, 1.54) is 12.3 Å². The van der Waals surface area contributed by atoms with Gasteiger partial charge >= 0.3 is 5.97 Å². The summed E-state index contributed by atoms with van der Waals surface area (Å²) >= 11 is 5.88. The van der Waals surface area contributed by atoms with Gasteiger partial charge in [0.15, 0.2) is 0 Å². The Labute approximate surface area is 98.6 Å². The van der Waals surface area contributed by atoms with Crippen LogP contribution in [-0.2, 0) is 0 Å². The second kappa shape index (κ2) is 5.38. The van der Waals surface area contributed by atoms with Gasteiger partial charge in [0, 0.05) is 18.7 Å². The summed E-state index contributed by atoms with van der Waals surface area (Å²) in [5.74, 6) is 1.89. The number of hydrogen-bond acceptors (Lipinski definition) is 3. The van der Waals surface area contributed by atoms with Gasteiger partial charge in [0.1, 0.15) is 5.82 Å². The van der Waals surface area contributed by atoms with Crippen LogP contribution in [0.2, 0.25) is 5.02 Å². The monoisotopic (exact) mass is 238 g/mol. The van der Waals surface area contributed by atoms with Gasteiger partial charge in [-0.2, -0.15) is 0 Å². The van der Waals surface area contributed by atoms with Crippen molar-refractivity contribution in [3.63, 3.8) is 0 Å². The molecular weight excluding hydrogens is 228 g/mol. The second-order valence-electron chi connectivity index (χ2n) is 3.31. The van der Waals surface area contributed by atoms with Crippen molar-refractivity contribution in [2.75, 3.05) is 5.32 Å². The zero-order valence-electron chi connectivity index (χ0n) is 8.70. The van der Waals surface area contributed by atoms with Gasteiger partial charge < -0.3 is 10.4 Å². The third-order valence-electron chi connectivity index (χ3n) is 1.90. The summed E-state index contributed by atoms with van der Waals surface area (Å²) in [7, 11) is 0. The van der Waals surface area contributed by atoms with Gasteiger partial charge in [0.2, 0.25) is 0 Å². The average molecular weight is 239 g/mol. The number of carboxylic acids is 1. The van der Waals surface area contributed by atoms with E-state index in [2.05, 4.69) is 16.2 Å². The van der Waals surface area contributed by atoms with Crippen molar-refractivity contribution < 1.29 is 9.90 Å². The molecular formula is C11H11ClN2O2. The van der Waals surface area contributed by atoms with Crippen LogP contribution >= 0.6 is 11.6 Å². The standard InChI is InChI=1S/C11H11ClN2O2/c1-3-4-7(2)14-10-9(12)5-8(6-13-10)11(15)16/h1,5-7H,4H2,2H3,(H,13,14)(H,15,16). The fourth-order valence-corrected chi connectivity index (χ4v) is 1.34. The fraction of sp³-hybridized carbons (Fsp3) is 0.273. The number of carboxylic acid groups (broad SMARTS) is 1. The third kappa shape index (κ3) is 3.14. The Bertz CT molecular complexity index is 440. The Kier molecular flexibility index (Phi) is 4.15. The maximum atomic E-state index is 10.6. The highest BCUT2D eigenvalue weighted by Crippen LogP contribution is 2.21. The first-order valence-electron chi connectivity index (χ1n) is 4.63. The van der Waals surface area contributed by atoms with Gasteiger partial charge in [-0.15, -0.1) is 12.3 Å². The SMILES string of the molecule is C#CCC(C)Nc1ncc(C(=O)O)cc1Cl. The number of anilines is 1. The molecule has 1 aromatic rings. The van der Waals surface area contributed by atoms with Crippen LogP contribution in [0.25, 0.3) is 0 Å². The molecule has 2 N–H and O–H groups in total. The second-order valence-corrected chi connectivity index (χ2v) is 3.72. The first-order chi connectivity index (χ1) is 7.54. The van der Waals surface area contributed by atoms with Gasteiger partial charge in [-0.25, -0.2) is 9.78 Å². The number of pyridine rings is 1. The molecule has 1 rings (SSSR count). The molecule has 0 aliphatic heterocycles. The van der Waals surface area contributed by atoms with Crippen LogP contribution < -0.4 is 5.32 Å². The molecule has 0 amide bonds. The zero-order chi connectivity index (χ0) is 12.1. The van der Waals surface area contributed by atoms with E-state index in [0.717, 1.165) is 0 Å². The zero-order valence-corrected chi connectivity index (χ0v) is 9.45. The number of hydrogen-bond donors (Lipinski definition) is 2. The Morgan fingerprint density at radius 1 is 1.81 bits per heavy atom. The van der Waals surface area contributed by atoms with Crippen LogP contribution in [0.5, 0.6) is 0 Å². The molecule has 5 heteroatoms. The lowest BCUT2D eigenvalue weighted by Crippen LogP contribution is -2.15. The van der Waals surface area contributed by atoms with Gasteiger partial charge in [-0.05, 0) is 13.0 Å². The maximum Gasteiger partial charge on any atom is 0.337 e. The molecule has 0 saturated carbocycles. The van der Waals surface area contributed by atoms with Crippen molar-refractivity contribution in [1.29, 1.82) is 0 Å². The van der Waals surface area contributed by atoms with Crippen molar-refractivity contribution in [3.05, 3.63) is 22.8 Å². The first-order valence-corrected chi connectivity index (χ1v) is 5.01. The molecule has 0 bridgehead atoms. The van der Waals surface area contributed by atoms with Crippen LogP contribution in [0.15, 0.2) is 12.3 Å². The third-order valence-corrected chi connectivity index (χ3v) is 2.18. The maximum absolute atomic E-state index is 10.6. The summed E-state index contributed by atoms with van der Waals surface area (Å²) < 4.78 is 0. The number of rotatable bonds is 4. The molecule has 1 unspecified atom stereocenters. The molecule has 0 aliphatic carbocycles. The van der Waals surface area contributed by atoms with Gasteiger partial charge in [0.05, 0.1) is 10.6 Å². The molecule has 1 atom stereocenters. The smallest absolute Gasteiger partial charge is 0.337 e. The highest BCUT2D eigenvalue weighted by molar-refractivity contribution is 6.33. The number of aromatic nitrogens is 1. The summed E-state index contributed by atoms with van der Waals surface area (Å²) in [5.41, 5.74) is 0.0557. The van der Waals surface area contributed by atoms with Crippen LogP contribution in [0.4, 0.5) is 5.82 Å². The van der Waals surface area contributed by atoms with Crippen molar-refractivity contribution in [2.45, 2.75) is 19.4 Å². The van der Waals surface area contributed by atoms with E-state index >= 15 is 0 Å². The van der Waals surface area contributed by atoms with Crippen LogP contribution in [-0.4, -0.2) is 22.1 Å².